The van der Waals surface area contributed by atoms with E-state index in [0.29, 0.717) is 16.7 Å². The molecule has 0 atom stereocenters. The number of Topliss-reactive ketones (excluding diaryl/α,β-unsaturated/α-hetero) is 1. The molecule has 0 saturated heterocycles. The fourth-order valence-corrected chi connectivity index (χ4v) is 3.57. The van der Waals surface area contributed by atoms with Gasteiger partial charge in [0.25, 0.3) is 5.91 Å². The van der Waals surface area contributed by atoms with E-state index in [-0.39, 0.29) is 48.4 Å². The minimum Gasteiger partial charge on any atom is -0.459 e. The van der Waals surface area contributed by atoms with Crippen LogP contribution < -0.4 is 11.1 Å². The van der Waals surface area contributed by atoms with Crippen LogP contribution in [-0.2, 0) is 17.7 Å². The second kappa shape index (κ2) is 11.3. The number of anilines is 1. The van der Waals surface area contributed by atoms with Gasteiger partial charge in [0.2, 0.25) is 0 Å². The number of nitrogens with one attached hydrogen (secondary N) is 1. The first-order valence-corrected chi connectivity index (χ1v) is 11.3. The molecule has 37 heavy (non-hydrogen) atoms. The molecule has 2 aromatic carbocycles. The average molecular weight is 503 g/mol. The SMILES string of the molecule is CCOC(=O)c1nnc(NC(=O)c2cccc(-c3cc(C(=O)Cc4ccncc4F)ccc3CN)c2)o1. The van der Waals surface area contributed by atoms with E-state index in [1.165, 1.54) is 12.3 Å². The van der Waals surface area contributed by atoms with E-state index in [4.69, 9.17) is 14.9 Å². The quantitative estimate of drug-likeness (QED) is 0.258. The number of nitrogens with zero attached hydrogens (tertiary/aromatic N) is 3. The van der Waals surface area contributed by atoms with Crippen LogP contribution in [0.2, 0.25) is 0 Å². The number of pyridine rings is 1. The normalized spacial score (nSPS) is 10.7. The lowest BCUT2D eigenvalue weighted by molar-refractivity contribution is 0.0481. The van der Waals surface area contributed by atoms with Crippen molar-refractivity contribution in [2.75, 3.05) is 11.9 Å². The summed E-state index contributed by atoms with van der Waals surface area (Å²) >= 11 is 0. The molecule has 0 saturated carbocycles. The molecular weight excluding hydrogens is 481 g/mol. The first-order chi connectivity index (χ1) is 17.9. The summed E-state index contributed by atoms with van der Waals surface area (Å²) < 4.78 is 23.9. The maximum atomic E-state index is 14.0. The van der Waals surface area contributed by atoms with Crippen LogP contribution in [-0.4, -0.2) is 39.4 Å². The van der Waals surface area contributed by atoms with Crippen LogP contribution in [0.25, 0.3) is 11.1 Å². The number of rotatable bonds is 9. The molecule has 188 valence electrons. The number of amides is 1. The summed E-state index contributed by atoms with van der Waals surface area (Å²) in [6.07, 6.45) is 2.36. The molecule has 1 amide bonds. The Morgan fingerprint density at radius 3 is 2.65 bits per heavy atom. The summed E-state index contributed by atoms with van der Waals surface area (Å²) in [6, 6.07) is 12.9. The van der Waals surface area contributed by atoms with Gasteiger partial charge in [-0.25, -0.2) is 9.18 Å². The minimum atomic E-state index is -0.798. The van der Waals surface area contributed by atoms with Crippen molar-refractivity contribution in [3.05, 3.63) is 94.9 Å². The molecule has 0 radical (unpaired) electrons. The maximum Gasteiger partial charge on any atom is 0.396 e. The van der Waals surface area contributed by atoms with Crippen molar-refractivity contribution in [1.29, 1.82) is 0 Å². The van der Waals surface area contributed by atoms with Crippen LogP contribution in [0, 0.1) is 5.82 Å². The highest BCUT2D eigenvalue weighted by molar-refractivity contribution is 6.04. The molecule has 10 nitrogen and oxygen atoms in total. The number of benzene rings is 2. The van der Waals surface area contributed by atoms with E-state index >= 15 is 0 Å². The van der Waals surface area contributed by atoms with Crippen molar-refractivity contribution in [3.8, 4) is 11.1 Å². The highest BCUT2D eigenvalue weighted by Gasteiger charge is 2.19. The number of carbonyl (C=O) groups excluding carboxylic acids is 3. The fourth-order valence-electron chi connectivity index (χ4n) is 3.57. The third-order valence-corrected chi connectivity index (χ3v) is 5.39. The van der Waals surface area contributed by atoms with Gasteiger partial charge in [0.15, 0.2) is 5.78 Å². The lowest BCUT2D eigenvalue weighted by atomic mass is 9.93. The van der Waals surface area contributed by atoms with Crippen LogP contribution in [0.3, 0.4) is 0 Å². The molecule has 2 aromatic heterocycles. The molecule has 3 N–H and O–H groups in total. The number of nitrogens with two attached hydrogens (primary N) is 1. The number of hydrogen-bond donors (Lipinski definition) is 2. The smallest absolute Gasteiger partial charge is 0.396 e. The van der Waals surface area contributed by atoms with Gasteiger partial charge in [-0.3, -0.25) is 19.9 Å². The van der Waals surface area contributed by atoms with Crippen molar-refractivity contribution in [2.45, 2.75) is 19.9 Å². The predicted molar refractivity (Wildman–Crippen MR) is 130 cm³/mol. The van der Waals surface area contributed by atoms with Crippen molar-refractivity contribution >= 4 is 23.7 Å². The molecule has 4 aromatic rings. The first-order valence-electron chi connectivity index (χ1n) is 11.3. The molecule has 0 unspecified atom stereocenters. The Bertz CT molecular complexity index is 1470. The van der Waals surface area contributed by atoms with Crippen LogP contribution in [0.15, 0.2) is 65.3 Å². The maximum absolute atomic E-state index is 14.0. The Hall–Kier alpha value is -4.77. The van der Waals surface area contributed by atoms with E-state index < -0.39 is 17.7 Å². The van der Waals surface area contributed by atoms with E-state index in [0.717, 1.165) is 11.8 Å². The molecule has 0 aliphatic rings. The molecule has 0 aliphatic carbocycles. The standard InChI is InChI=1S/C26H22FN5O5/c1-2-36-25(35)24-31-32-26(37-24)30-23(34)18-5-3-4-15(10-18)20-11-17(6-7-19(20)13-28)22(33)12-16-8-9-29-14-21(16)27/h3-11,14H,2,12-13,28H2,1H3,(H,30,32,34). The number of hydrogen-bond acceptors (Lipinski definition) is 9. The third kappa shape index (κ3) is 5.90. The van der Waals surface area contributed by atoms with Crippen molar-refractivity contribution < 1.29 is 27.9 Å². The van der Waals surface area contributed by atoms with Crippen molar-refractivity contribution in [1.82, 2.24) is 15.2 Å². The average Bonchev–Trinajstić information content (AvgIpc) is 3.38. The van der Waals surface area contributed by atoms with Crippen LogP contribution in [0.1, 0.15) is 49.5 Å². The number of ether oxygens (including phenoxy) is 1. The zero-order chi connectivity index (χ0) is 26.4. The summed E-state index contributed by atoms with van der Waals surface area (Å²) in [5, 5.41) is 9.62. The van der Waals surface area contributed by atoms with E-state index in [9.17, 15) is 18.8 Å². The lowest BCUT2D eigenvalue weighted by Crippen LogP contribution is -2.12. The van der Waals surface area contributed by atoms with Gasteiger partial charge in [-0.05, 0) is 53.4 Å². The van der Waals surface area contributed by atoms with Gasteiger partial charge in [-0.1, -0.05) is 34.5 Å². The molecule has 0 aliphatic heterocycles. The Morgan fingerprint density at radius 2 is 1.89 bits per heavy atom. The van der Waals surface area contributed by atoms with Crippen molar-refractivity contribution in [3.63, 3.8) is 0 Å². The number of ketones is 1. The van der Waals surface area contributed by atoms with Gasteiger partial charge >= 0.3 is 17.9 Å². The lowest BCUT2D eigenvalue weighted by Gasteiger charge is -2.12. The number of aromatic nitrogens is 3. The van der Waals surface area contributed by atoms with Gasteiger partial charge in [0.1, 0.15) is 5.82 Å². The Morgan fingerprint density at radius 1 is 1.05 bits per heavy atom. The van der Waals surface area contributed by atoms with Gasteiger partial charge in [0, 0.05) is 30.3 Å². The second-order valence-corrected chi connectivity index (χ2v) is 7.81. The summed E-state index contributed by atoms with van der Waals surface area (Å²) in [5.74, 6) is -2.57. The zero-order valence-electron chi connectivity index (χ0n) is 19.7. The molecular formula is C26H22FN5O5. The second-order valence-electron chi connectivity index (χ2n) is 7.81. The summed E-state index contributed by atoms with van der Waals surface area (Å²) in [5.41, 5.74) is 8.83. The van der Waals surface area contributed by atoms with Crippen molar-refractivity contribution in [2.24, 2.45) is 5.73 Å². The highest BCUT2D eigenvalue weighted by atomic mass is 19.1. The minimum absolute atomic E-state index is 0.129. The van der Waals surface area contributed by atoms with Crippen LogP contribution in [0.4, 0.5) is 10.4 Å². The summed E-state index contributed by atoms with van der Waals surface area (Å²) in [4.78, 5) is 41.1. The molecule has 4 rings (SSSR count). The summed E-state index contributed by atoms with van der Waals surface area (Å²) in [7, 11) is 0. The Labute approximate surface area is 210 Å². The van der Waals surface area contributed by atoms with E-state index in [1.54, 1.807) is 49.4 Å². The summed E-state index contributed by atoms with van der Waals surface area (Å²) in [6.45, 7) is 1.96. The van der Waals surface area contributed by atoms with Crippen LogP contribution in [0.5, 0.6) is 0 Å². The Kier molecular flexibility index (Phi) is 7.74. The van der Waals surface area contributed by atoms with Crippen LogP contribution >= 0.6 is 0 Å². The fraction of sp³-hybridized carbons (Fsp3) is 0.154. The van der Waals surface area contributed by atoms with Gasteiger partial charge < -0.3 is 14.9 Å². The third-order valence-electron chi connectivity index (χ3n) is 5.39. The number of esters is 1. The van der Waals surface area contributed by atoms with E-state index in [1.807, 2.05) is 0 Å². The molecule has 0 spiro atoms. The highest BCUT2D eigenvalue weighted by Crippen LogP contribution is 2.27. The largest absolute Gasteiger partial charge is 0.459 e. The van der Waals surface area contributed by atoms with Gasteiger partial charge in [-0.2, -0.15) is 0 Å². The van der Waals surface area contributed by atoms with Gasteiger partial charge in [-0.15, -0.1) is 0 Å². The first kappa shape index (κ1) is 25.3. The topological polar surface area (TPSA) is 150 Å². The van der Waals surface area contributed by atoms with E-state index in [2.05, 4.69) is 20.5 Å². The molecule has 0 bridgehead atoms. The number of halogens is 1. The Balaban J connectivity index is 1.57. The molecule has 0 fully saturated rings. The number of carbonyl (C=O) groups is 3. The molecule has 2 heterocycles. The monoisotopic (exact) mass is 503 g/mol. The van der Waals surface area contributed by atoms with Gasteiger partial charge in [0.05, 0.1) is 12.8 Å². The molecule has 11 heteroatoms. The predicted octanol–water partition coefficient (Wildman–Crippen LogP) is 3.58. The zero-order valence-corrected chi connectivity index (χ0v) is 19.7.